The van der Waals surface area contributed by atoms with Crippen LogP contribution in [0.15, 0.2) is 30.5 Å². The Hall–Kier alpha value is -2.10. The largest absolute Gasteiger partial charge is 0.339 e. The number of carbonyl (C=O) groups excluding carboxylic acids is 1. The van der Waals surface area contributed by atoms with E-state index in [1.807, 2.05) is 36.9 Å². The molecular formula is C25H37N3O. The van der Waals surface area contributed by atoms with E-state index in [4.69, 9.17) is 4.98 Å². The summed E-state index contributed by atoms with van der Waals surface area (Å²) >= 11 is 0. The number of imidazole rings is 1. The summed E-state index contributed by atoms with van der Waals surface area (Å²) in [5.74, 6) is 1.98. The van der Waals surface area contributed by atoms with E-state index in [-0.39, 0.29) is 11.3 Å². The summed E-state index contributed by atoms with van der Waals surface area (Å²) in [6, 6.07) is 7.95. The molecule has 0 N–H and O–H groups in total. The topological polar surface area (TPSA) is 38.1 Å². The van der Waals surface area contributed by atoms with Crippen LogP contribution < -0.4 is 0 Å². The molecule has 0 spiro atoms. The van der Waals surface area contributed by atoms with Crippen LogP contribution in [-0.4, -0.2) is 33.4 Å². The SMILES string of the molecule is CCN(CC)C(=O)c1cccc(-c2cn(CC3CCCCC3)c(C(C)(C)C)n2)c1. The van der Waals surface area contributed by atoms with Crippen molar-refractivity contribution in [2.45, 2.75) is 78.7 Å². The van der Waals surface area contributed by atoms with Gasteiger partial charge in [-0.3, -0.25) is 4.79 Å². The minimum absolute atomic E-state index is 0.0123. The first-order chi connectivity index (χ1) is 13.8. The number of nitrogens with zero attached hydrogens (tertiary/aromatic N) is 3. The number of carbonyl (C=O) groups is 1. The maximum atomic E-state index is 12.8. The lowest BCUT2D eigenvalue weighted by Crippen LogP contribution is -2.30. The van der Waals surface area contributed by atoms with Crippen LogP contribution in [0.4, 0.5) is 0 Å². The van der Waals surface area contributed by atoms with E-state index in [0.717, 1.165) is 48.2 Å². The fraction of sp³-hybridized carbons (Fsp3) is 0.600. The lowest BCUT2D eigenvalue weighted by atomic mass is 9.88. The third-order valence-electron chi connectivity index (χ3n) is 6.08. The van der Waals surface area contributed by atoms with Gasteiger partial charge in [0.25, 0.3) is 5.91 Å². The van der Waals surface area contributed by atoms with Crippen molar-refractivity contribution in [3.63, 3.8) is 0 Å². The second-order valence-corrected chi connectivity index (χ2v) is 9.41. The molecule has 1 aliphatic carbocycles. The molecule has 0 saturated heterocycles. The van der Waals surface area contributed by atoms with Gasteiger partial charge in [-0.25, -0.2) is 4.98 Å². The van der Waals surface area contributed by atoms with Gasteiger partial charge < -0.3 is 9.47 Å². The van der Waals surface area contributed by atoms with Crippen LogP contribution in [-0.2, 0) is 12.0 Å². The number of aromatic nitrogens is 2. The second kappa shape index (κ2) is 9.15. The van der Waals surface area contributed by atoms with Crippen LogP contribution in [0, 0.1) is 5.92 Å². The fourth-order valence-electron chi connectivity index (χ4n) is 4.45. The van der Waals surface area contributed by atoms with Gasteiger partial charge in [0.2, 0.25) is 0 Å². The number of hydrogen-bond acceptors (Lipinski definition) is 2. The zero-order chi connectivity index (χ0) is 21.0. The predicted molar refractivity (Wildman–Crippen MR) is 120 cm³/mol. The van der Waals surface area contributed by atoms with E-state index in [2.05, 4.69) is 37.6 Å². The Morgan fingerprint density at radius 2 is 1.83 bits per heavy atom. The highest BCUT2D eigenvalue weighted by atomic mass is 16.2. The lowest BCUT2D eigenvalue weighted by molar-refractivity contribution is 0.0773. The quantitative estimate of drug-likeness (QED) is 0.610. The Bertz CT molecular complexity index is 821. The Morgan fingerprint density at radius 3 is 2.45 bits per heavy atom. The Kier molecular flexibility index (Phi) is 6.81. The first kappa shape index (κ1) is 21.6. The summed E-state index contributed by atoms with van der Waals surface area (Å²) in [5, 5.41) is 0. The van der Waals surface area contributed by atoms with Gasteiger partial charge in [-0.2, -0.15) is 0 Å². The highest BCUT2D eigenvalue weighted by Gasteiger charge is 2.25. The summed E-state index contributed by atoms with van der Waals surface area (Å²) in [6.45, 7) is 13.2. The number of amides is 1. The van der Waals surface area contributed by atoms with Crippen molar-refractivity contribution in [1.82, 2.24) is 14.5 Å². The van der Waals surface area contributed by atoms with Crippen LogP contribution >= 0.6 is 0 Å². The molecule has 0 bridgehead atoms. The molecule has 1 aromatic carbocycles. The van der Waals surface area contributed by atoms with Crippen molar-refractivity contribution in [2.75, 3.05) is 13.1 Å². The zero-order valence-electron chi connectivity index (χ0n) is 18.9. The van der Waals surface area contributed by atoms with Gasteiger partial charge in [0.1, 0.15) is 5.82 Å². The average Bonchev–Trinajstić information content (AvgIpc) is 3.14. The Balaban J connectivity index is 1.92. The van der Waals surface area contributed by atoms with Gasteiger partial charge in [0.15, 0.2) is 0 Å². The highest BCUT2D eigenvalue weighted by Crippen LogP contribution is 2.31. The van der Waals surface area contributed by atoms with Gasteiger partial charge in [-0.1, -0.05) is 52.2 Å². The number of hydrogen-bond donors (Lipinski definition) is 0. The van der Waals surface area contributed by atoms with Gasteiger partial charge in [0, 0.05) is 42.4 Å². The predicted octanol–water partition coefficient (Wildman–Crippen LogP) is 5.91. The Labute approximate surface area is 176 Å². The molecule has 4 heteroatoms. The van der Waals surface area contributed by atoms with E-state index >= 15 is 0 Å². The molecule has 1 aromatic heterocycles. The molecule has 0 unspecified atom stereocenters. The van der Waals surface area contributed by atoms with Crippen LogP contribution in [0.5, 0.6) is 0 Å². The first-order valence-electron chi connectivity index (χ1n) is 11.3. The molecular weight excluding hydrogens is 358 g/mol. The molecule has 1 saturated carbocycles. The molecule has 1 heterocycles. The standard InChI is InChI=1S/C25H37N3O/c1-6-27(7-2)23(29)21-15-11-14-20(16-21)22-18-28(24(26-22)25(3,4)5)17-19-12-9-8-10-13-19/h11,14-16,18-19H,6-10,12-13,17H2,1-5H3. The summed E-state index contributed by atoms with van der Waals surface area (Å²) in [7, 11) is 0. The third kappa shape index (κ3) is 5.09. The first-order valence-corrected chi connectivity index (χ1v) is 11.3. The molecule has 0 atom stereocenters. The molecule has 3 rings (SSSR count). The van der Waals surface area contributed by atoms with E-state index in [1.54, 1.807) is 0 Å². The van der Waals surface area contributed by atoms with Crippen molar-refractivity contribution in [2.24, 2.45) is 5.92 Å². The lowest BCUT2D eigenvalue weighted by Gasteiger charge is -2.25. The molecule has 29 heavy (non-hydrogen) atoms. The highest BCUT2D eigenvalue weighted by molar-refractivity contribution is 5.95. The van der Waals surface area contributed by atoms with Crippen molar-refractivity contribution < 1.29 is 4.79 Å². The molecule has 0 aliphatic heterocycles. The van der Waals surface area contributed by atoms with Gasteiger partial charge in [-0.15, -0.1) is 0 Å². The molecule has 1 aliphatic rings. The summed E-state index contributed by atoms with van der Waals surface area (Å²) < 4.78 is 2.38. The van der Waals surface area contributed by atoms with E-state index in [9.17, 15) is 4.79 Å². The average molecular weight is 396 g/mol. The summed E-state index contributed by atoms with van der Waals surface area (Å²) in [4.78, 5) is 19.7. The van der Waals surface area contributed by atoms with Crippen LogP contribution in [0.2, 0.25) is 0 Å². The van der Waals surface area contributed by atoms with Crippen molar-refractivity contribution in [1.29, 1.82) is 0 Å². The van der Waals surface area contributed by atoms with Gasteiger partial charge in [0.05, 0.1) is 5.69 Å². The van der Waals surface area contributed by atoms with Crippen molar-refractivity contribution >= 4 is 5.91 Å². The van der Waals surface area contributed by atoms with Crippen molar-refractivity contribution in [3.8, 4) is 11.3 Å². The minimum Gasteiger partial charge on any atom is -0.339 e. The molecule has 4 nitrogen and oxygen atoms in total. The molecule has 2 aromatic rings. The van der Waals surface area contributed by atoms with Crippen LogP contribution in [0.1, 0.15) is 82.9 Å². The Morgan fingerprint density at radius 1 is 1.14 bits per heavy atom. The molecule has 0 radical (unpaired) electrons. The maximum absolute atomic E-state index is 12.8. The van der Waals surface area contributed by atoms with E-state index < -0.39 is 0 Å². The smallest absolute Gasteiger partial charge is 0.253 e. The molecule has 1 fully saturated rings. The van der Waals surface area contributed by atoms with Crippen molar-refractivity contribution in [3.05, 3.63) is 41.9 Å². The second-order valence-electron chi connectivity index (χ2n) is 9.41. The third-order valence-corrected chi connectivity index (χ3v) is 6.08. The monoisotopic (exact) mass is 395 g/mol. The van der Waals surface area contributed by atoms with E-state index in [0.29, 0.717) is 0 Å². The molecule has 158 valence electrons. The van der Waals surface area contributed by atoms with Crippen LogP contribution in [0.25, 0.3) is 11.3 Å². The van der Waals surface area contributed by atoms with Gasteiger partial charge in [-0.05, 0) is 44.7 Å². The van der Waals surface area contributed by atoms with Gasteiger partial charge >= 0.3 is 0 Å². The van der Waals surface area contributed by atoms with Crippen LogP contribution in [0.3, 0.4) is 0 Å². The minimum atomic E-state index is -0.0123. The fourth-order valence-corrected chi connectivity index (χ4v) is 4.45. The number of benzene rings is 1. The summed E-state index contributed by atoms with van der Waals surface area (Å²) in [5.41, 5.74) is 2.72. The molecule has 1 amide bonds. The maximum Gasteiger partial charge on any atom is 0.253 e. The van der Waals surface area contributed by atoms with E-state index in [1.165, 1.54) is 32.1 Å². The summed E-state index contributed by atoms with van der Waals surface area (Å²) in [6.07, 6.45) is 8.94. The zero-order valence-corrected chi connectivity index (χ0v) is 18.9. The number of rotatable bonds is 6. The normalized spacial score (nSPS) is 15.5.